The summed E-state index contributed by atoms with van der Waals surface area (Å²) in [6.07, 6.45) is 3.43. The smallest absolute Gasteiger partial charge is 0.298 e. The van der Waals surface area contributed by atoms with Crippen LogP contribution in [0.2, 0.25) is 0 Å². The van der Waals surface area contributed by atoms with Crippen LogP contribution >= 0.6 is 11.8 Å². The molecule has 0 bridgehead atoms. The summed E-state index contributed by atoms with van der Waals surface area (Å²) in [4.78, 5) is 27.4. The van der Waals surface area contributed by atoms with Crippen LogP contribution in [-0.2, 0) is 9.53 Å². The van der Waals surface area contributed by atoms with Gasteiger partial charge >= 0.3 is 0 Å². The number of carbonyl (C=O) groups excluding carboxylic acids is 2. The SMILES string of the molecule is C[C@@H]1C[NH+](CN2C(=O)S/C(=C/c3ccco3)C2=O)C[C@H](C)O1. The number of quaternary nitrogens is 1. The molecule has 3 heterocycles. The average Bonchev–Trinajstić information content (AvgIpc) is 3.03. The Hall–Kier alpha value is -1.57. The van der Waals surface area contributed by atoms with Crippen molar-refractivity contribution in [2.45, 2.75) is 26.1 Å². The Balaban J connectivity index is 1.69. The maximum atomic E-state index is 12.4. The number of thioether (sulfide) groups is 1. The molecule has 1 unspecified atom stereocenters. The summed E-state index contributed by atoms with van der Waals surface area (Å²) in [7, 11) is 0. The molecule has 3 atom stereocenters. The Morgan fingerprint density at radius 2 is 2.09 bits per heavy atom. The summed E-state index contributed by atoms with van der Waals surface area (Å²) in [5.41, 5.74) is 0. The van der Waals surface area contributed by atoms with Gasteiger partial charge in [-0.25, -0.2) is 4.90 Å². The van der Waals surface area contributed by atoms with Crippen molar-refractivity contribution in [3.8, 4) is 0 Å². The van der Waals surface area contributed by atoms with Gasteiger partial charge in [-0.05, 0) is 37.7 Å². The number of hydrogen-bond donors (Lipinski definition) is 1. The normalized spacial score (nSPS) is 31.3. The van der Waals surface area contributed by atoms with Crippen molar-refractivity contribution in [2.75, 3.05) is 19.8 Å². The van der Waals surface area contributed by atoms with Crippen LogP contribution in [0.25, 0.3) is 6.08 Å². The fourth-order valence-corrected chi connectivity index (χ4v) is 3.70. The lowest BCUT2D eigenvalue weighted by Gasteiger charge is -2.33. The molecule has 118 valence electrons. The molecule has 1 aromatic rings. The number of amides is 2. The molecule has 0 aliphatic carbocycles. The van der Waals surface area contributed by atoms with Crippen molar-refractivity contribution < 1.29 is 23.6 Å². The highest BCUT2D eigenvalue weighted by Gasteiger charge is 2.39. The van der Waals surface area contributed by atoms with Crippen LogP contribution in [0.4, 0.5) is 4.79 Å². The van der Waals surface area contributed by atoms with Gasteiger partial charge in [0.2, 0.25) is 0 Å². The molecule has 0 saturated carbocycles. The first-order valence-electron chi connectivity index (χ1n) is 7.31. The van der Waals surface area contributed by atoms with E-state index in [4.69, 9.17) is 9.15 Å². The van der Waals surface area contributed by atoms with Gasteiger partial charge in [0.1, 0.15) is 31.1 Å². The van der Waals surface area contributed by atoms with E-state index in [-0.39, 0.29) is 23.4 Å². The standard InChI is InChI=1S/C15H18N2O4S/c1-10-7-16(8-11(2)21-10)9-17-14(18)13(22-15(17)19)6-12-4-3-5-20-12/h3-6,10-11H,7-9H2,1-2H3/p+1/b13-6+/t10-,11+. The summed E-state index contributed by atoms with van der Waals surface area (Å²) < 4.78 is 10.9. The van der Waals surface area contributed by atoms with Crippen molar-refractivity contribution in [3.63, 3.8) is 0 Å². The number of nitrogens with one attached hydrogen (secondary N) is 1. The molecule has 1 N–H and O–H groups in total. The van der Waals surface area contributed by atoms with E-state index < -0.39 is 0 Å². The first kappa shape index (κ1) is 15.3. The predicted molar refractivity (Wildman–Crippen MR) is 82.1 cm³/mol. The third-order valence-electron chi connectivity index (χ3n) is 3.69. The van der Waals surface area contributed by atoms with Crippen LogP contribution in [0.3, 0.4) is 0 Å². The summed E-state index contributed by atoms with van der Waals surface area (Å²) in [5.74, 6) is 0.331. The molecule has 0 aromatic carbocycles. The first-order chi connectivity index (χ1) is 10.5. The minimum atomic E-state index is -0.245. The summed E-state index contributed by atoms with van der Waals surface area (Å²) >= 11 is 0.964. The van der Waals surface area contributed by atoms with Crippen molar-refractivity contribution in [3.05, 3.63) is 29.1 Å². The lowest BCUT2D eigenvalue weighted by Crippen LogP contribution is -3.16. The van der Waals surface area contributed by atoms with E-state index >= 15 is 0 Å². The van der Waals surface area contributed by atoms with Crippen molar-refractivity contribution in [2.24, 2.45) is 0 Å². The van der Waals surface area contributed by atoms with Crippen LogP contribution in [0.5, 0.6) is 0 Å². The fraction of sp³-hybridized carbons (Fsp3) is 0.467. The average molecular weight is 323 g/mol. The van der Waals surface area contributed by atoms with Crippen molar-refractivity contribution >= 4 is 29.0 Å². The Morgan fingerprint density at radius 1 is 1.36 bits per heavy atom. The molecule has 0 radical (unpaired) electrons. The Kier molecular flexibility index (Phi) is 4.37. The van der Waals surface area contributed by atoms with E-state index in [9.17, 15) is 9.59 Å². The number of morpholine rings is 1. The van der Waals surface area contributed by atoms with Gasteiger partial charge in [-0.2, -0.15) is 0 Å². The largest absolute Gasteiger partial charge is 0.465 e. The van der Waals surface area contributed by atoms with E-state index in [2.05, 4.69) is 0 Å². The summed E-state index contributed by atoms with van der Waals surface area (Å²) in [6, 6.07) is 3.50. The quantitative estimate of drug-likeness (QED) is 0.840. The van der Waals surface area contributed by atoms with Gasteiger partial charge in [-0.15, -0.1) is 0 Å². The van der Waals surface area contributed by atoms with Gasteiger partial charge in [-0.1, -0.05) is 0 Å². The van der Waals surface area contributed by atoms with Crippen LogP contribution in [-0.4, -0.2) is 48.0 Å². The maximum Gasteiger partial charge on any atom is 0.298 e. The second kappa shape index (κ2) is 6.28. The molecule has 1 aromatic heterocycles. The van der Waals surface area contributed by atoms with Gasteiger partial charge in [0.25, 0.3) is 11.1 Å². The van der Waals surface area contributed by atoms with Gasteiger partial charge in [0, 0.05) is 6.08 Å². The molecule has 2 saturated heterocycles. The molecule has 2 aliphatic heterocycles. The molecule has 2 aliphatic rings. The van der Waals surface area contributed by atoms with Crippen LogP contribution in [0, 0.1) is 0 Å². The highest BCUT2D eigenvalue weighted by Crippen LogP contribution is 2.31. The molecule has 22 heavy (non-hydrogen) atoms. The topological polar surface area (TPSA) is 64.2 Å². The Bertz CT molecular complexity index is 589. The van der Waals surface area contributed by atoms with E-state index in [1.807, 2.05) is 13.8 Å². The number of ether oxygens (including phenoxy) is 1. The lowest BCUT2D eigenvalue weighted by atomic mass is 10.2. The maximum absolute atomic E-state index is 12.4. The molecule has 0 spiro atoms. The van der Waals surface area contributed by atoms with Gasteiger partial charge in [0.05, 0.1) is 11.2 Å². The zero-order valence-electron chi connectivity index (χ0n) is 12.6. The van der Waals surface area contributed by atoms with Crippen molar-refractivity contribution in [1.82, 2.24) is 4.90 Å². The van der Waals surface area contributed by atoms with E-state index in [1.165, 1.54) is 16.1 Å². The highest BCUT2D eigenvalue weighted by molar-refractivity contribution is 8.18. The number of furan rings is 1. The number of hydrogen-bond acceptors (Lipinski definition) is 5. The number of nitrogens with zero attached hydrogens (tertiary/aromatic N) is 1. The van der Waals surface area contributed by atoms with Crippen LogP contribution in [0.15, 0.2) is 27.7 Å². The molecular weight excluding hydrogens is 304 g/mol. The first-order valence-corrected chi connectivity index (χ1v) is 8.12. The predicted octanol–water partition coefficient (Wildman–Crippen LogP) is 0.966. The molecule has 7 heteroatoms. The monoisotopic (exact) mass is 323 g/mol. The minimum Gasteiger partial charge on any atom is -0.465 e. The Labute approximate surface area is 133 Å². The minimum absolute atomic E-state index is 0.136. The number of rotatable bonds is 3. The van der Waals surface area contributed by atoms with Crippen LogP contribution < -0.4 is 4.90 Å². The summed E-state index contributed by atoms with van der Waals surface area (Å²) in [6.45, 7) is 6.01. The lowest BCUT2D eigenvalue weighted by molar-refractivity contribution is -0.921. The van der Waals surface area contributed by atoms with Gasteiger partial charge in [0.15, 0.2) is 6.67 Å². The molecule has 6 nitrogen and oxygen atoms in total. The fourth-order valence-electron chi connectivity index (χ4n) is 2.88. The van der Waals surface area contributed by atoms with Crippen LogP contribution in [0.1, 0.15) is 19.6 Å². The van der Waals surface area contributed by atoms with Gasteiger partial charge in [-0.3, -0.25) is 9.59 Å². The highest BCUT2D eigenvalue weighted by atomic mass is 32.2. The number of imide groups is 1. The molecular formula is C15H19N2O4S+. The van der Waals surface area contributed by atoms with Crippen molar-refractivity contribution in [1.29, 1.82) is 0 Å². The number of carbonyl (C=O) groups is 2. The molecule has 2 fully saturated rings. The van der Waals surface area contributed by atoms with E-state index in [0.717, 1.165) is 24.9 Å². The Morgan fingerprint density at radius 3 is 2.73 bits per heavy atom. The molecule has 2 amide bonds. The van der Waals surface area contributed by atoms with E-state index in [1.54, 1.807) is 18.2 Å². The third kappa shape index (κ3) is 3.26. The van der Waals surface area contributed by atoms with E-state index in [0.29, 0.717) is 17.3 Å². The second-order valence-electron chi connectivity index (χ2n) is 5.70. The van der Waals surface area contributed by atoms with Gasteiger partial charge < -0.3 is 14.1 Å². The zero-order chi connectivity index (χ0) is 15.7. The zero-order valence-corrected chi connectivity index (χ0v) is 13.4. The summed E-state index contributed by atoms with van der Waals surface area (Å²) in [5, 5.41) is -0.220. The third-order valence-corrected chi connectivity index (χ3v) is 4.60. The molecule has 3 rings (SSSR count). The second-order valence-corrected chi connectivity index (χ2v) is 6.69.